The second-order valence-corrected chi connectivity index (χ2v) is 6.57. The third-order valence-corrected chi connectivity index (χ3v) is 4.81. The molecule has 0 spiro atoms. The summed E-state index contributed by atoms with van der Waals surface area (Å²) >= 11 is 0. The molecule has 1 N–H and O–H groups in total. The fourth-order valence-corrected chi connectivity index (χ4v) is 3.42. The van der Waals surface area contributed by atoms with Crippen molar-refractivity contribution in [3.8, 4) is 5.75 Å². The van der Waals surface area contributed by atoms with Crippen molar-refractivity contribution in [2.24, 2.45) is 0 Å². The number of amides is 2. The Morgan fingerprint density at radius 3 is 2.46 bits per heavy atom. The van der Waals surface area contributed by atoms with E-state index in [9.17, 15) is 9.59 Å². The highest BCUT2D eigenvalue weighted by molar-refractivity contribution is 6.07. The van der Waals surface area contributed by atoms with Gasteiger partial charge in [-0.15, -0.1) is 0 Å². The standard InChI is InChI=1S/C22H20N2O4/c1-27-17-11-9-16(10-12-17)24-21(18-8-5-13-28-18)20(22(24)26)23-19(25)14-15-6-3-2-4-7-15/h2-13,20-21H,14H2,1H3,(H,23,25)/t20-,21+/m0/s1. The van der Waals surface area contributed by atoms with Crippen molar-refractivity contribution >= 4 is 17.5 Å². The van der Waals surface area contributed by atoms with Gasteiger partial charge < -0.3 is 14.5 Å². The van der Waals surface area contributed by atoms with Crippen LogP contribution in [0.5, 0.6) is 5.75 Å². The van der Waals surface area contributed by atoms with Crippen molar-refractivity contribution in [3.05, 3.63) is 84.3 Å². The van der Waals surface area contributed by atoms with Gasteiger partial charge in [0.25, 0.3) is 5.91 Å². The van der Waals surface area contributed by atoms with Crippen LogP contribution in [0.3, 0.4) is 0 Å². The largest absolute Gasteiger partial charge is 0.497 e. The monoisotopic (exact) mass is 376 g/mol. The molecule has 0 saturated carbocycles. The molecule has 0 unspecified atom stereocenters. The Labute approximate surface area is 162 Å². The molecule has 142 valence electrons. The first-order valence-electron chi connectivity index (χ1n) is 9.01. The molecule has 6 nitrogen and oxygen atoms in total. The minimum absolute atomic E-state index is 0.173. The predicted octanol–water partition coefficient (Wildman–Crippen LogP) is 3.10. The van der Waals surface area contributed by atoms with E-state index >= 15 is 0 Å². The van der Waals surface area contributed by atoms with Crippen LogP contribution in [0.1, 0.15) is 17.4 Å². The highest BCUT2D eigenvalue weighted by atomic mass is 16.5. The first-order valence-corrected chi connectivity index (χ1v) is 9.01. The Hall–Kier alpha value is -3.54. The maximum Gasteiger partial charge on any atom is 0.252 e. The minimum atomic E-state index is -0.663. The molecule has 0 aliphatic carbocycles. The van der Waals surface area contributed by atoms with Gasteiger partial charge in [-0.25, -0.2) is 0 Å². The molecule has 2 aromatic carbocycles. The van der Waals surface area contributed by atoms with Crippen LogP contribution >= 0.6 is 0 Å². The van der Waals surface area contributed by atoms with E-state index in [-0.39, 0.29) is 18.2 Å². The first-order chi connectivity index (χ1) is 13.7. The van der Waals surface area contributed by atoms with Gasteiger partial charge in [-0.1, -0.05) is 30.3 Å². The average molecular weight is 376 g/mol. The minimum Gasteiger partial charge on any atom is -0.497 e. The molecule has 28 heavy (non-hydrogen) atoms. The molecule has 0 radical (unpaired) electrons. The molecular formula is C22H20N2O4. The SMILES string of the molecule is COc1ccc(N2C(=O)[C@@H](NC(=O)Cc3ccccc3)[C@H]2c2ccco2)cc1. The van der Waals surface area contributed by atoms with Crippen LogP contribution in [0, 0.1) is 0 Å². The molecule has 1 saturated heterocycles. The summed E-state index contributed by atoms with van der Waals surface area (Å²) in [5.74, 6) is 0.961. The van der Waals surface area contributed by atoms with Crippen LogP contribution in [0.25, 0.3) is 0 Å². The molecule has 2 amide bonds. The van der Waals surface area contributed by atoms with Crippen molar-refractivity contribution in [2.75, 3.05) is 12.0 Å². The van der Waals surface area contributed by atoms with E-state index in [4.69, 9.17) is 9.15 Å². The summed E-state index contributed by atoms with van der Waals surface area (Å²) < 4.78 is 10.7. The van der Waals surface area contributed by atoms with Gasteiger partial charge in [0.05, 0.1) is 19.8 Å². The number of benzene rings is 2. The van der Waals surface area contributed by atoms with E-state index in [0.717, 1.165) is 11.3 Å². The summed E-state index contributed by atoms with van der Waals surface area (Å²) in [6.07, 6.45) is 1.78. The smallest absolute Gasteiger partial charge is 0.252 e. The number of anilines is 1. The Bertz CT molecular complexity index is 952. The average Bonchev–Trinajstić information content (AvgIpc) is 3.25. The maximum absolute atomic E-state index is 12.8. The van der Waals surface area contributed by atoms with Crippen molar-refractivity contribution in [1.82, 2.24) is 5.32 Å². The highest BCUT2D eigenvalue weighted by Crippen LogP contribution is 2.39. The normalized spacial score (nSPS) is 18.5. The number of methoxy groups -OCH3 is 1. The molecule has 4 rings (SSSR count). The zero-order valence-electron chi connectivity index (χ0n) is 15.4. The Morgan fingerprint density at radius 2 is 1.82 bits per heavy atom. The molecule has 2 atom stereocenters. The number of carbonyl (C=O) groups is 2. The number of hydrogen-bond acceptors (Lipinski definition) is 4. The lowest BCUT2D eigenvalue weighted by Crippen LogP contribution is -2.66. The molecule has 2 heterocycles. The fraction of sp³-hybridized carbons (Fsp3) is 0.182. The molecule has 1 aromatic heterocycles. The van der Waals surface area contributed by atoms with Gasteiger partial charge in [-0.2, -0.15) is 0 Å². The lowest BCUT2D eigenvalue weighted by Gasteiger charge is -2.46. The zero-order valence-corrected chi connectivity index (χ0v) is 15.4. The molecule has 1 fully saturated rings. The predicted molar refractivity (Wildman–Crippen MR) is 104 cm³/mol. The molecule has 3 aromatic rings. The summed E-state index contributed by atoms with van der Waals surface area (Å²) in [7, 11) is 1.59. The van der Waals surface area contributed by atoms with Gasteiger partial charge in [-0.3, -0.25) is 14.5 Å². The lowest BCUT2D eigenvalue weighted by atomic mass is 9.91. The number of carbonyl (C=O) groups excluding carboxylic acids is 2. The number of nitrogens with zero attached hydrogens (tertiary/aromatic N) is 1. The topological polar surface area (TPSA) is 71.8 Å². The number of furan rings is 1. The second kappa shape index (κ2) is 7.60. The van der Waals surface area contributed by atoms with Gasteiger partial charge in [-0.05, 0) is 42.0 Å². The summed E-state index contributed by atoms with van der Waals surface area (Å²) in [5.41, 5.74) is 1.62. The number of β-lactam (4-membered cyclic amide) rings is 1. The van der Waals surface area contributed by atoms with E-state index in [1.807, 2.05) is 48.5 Å². The number of rotatable bonds is 6. The lowest BCUT2D eigenvalue weighted by molar-refractivity contribution is -0.133. The van der Waals surface area contributed by atoms with Crippen LogP contribution in [-0.2, 0) is 16.0 Å². The van der Waals surface area contributed by atoms with E-state index < -0.39 is 12.1 Å². The van der Waals surface area contributed by atoms with Gasteiger partial charge in [0.15, 0.2) is 0 Å². The van der Waals surface area contributed by atoms with E-state index in [2.05, 4.69) is 5.32 Å². The fourth-order valence-electron chi connectivity index (χ4n) is 3.42. The van der Waals surface area contributed by atoms with Crippen LogP contribution in [0.4, 0.5) is 5.69 Å². The molecule has 6 heteroatoms. The van der Waals surface area contributed by atoms with E-state index in [1.54, 1.807) is 36.5 Å². The van der Waals surface area contributed by atoms with Gasteiger partial charge in [0.1, 0.15) is 23.6 Å². The van der Waals surface area contributed by atoms with Crippen molar-refractivity contribution in [2.45, 2.75) is 18.5 Å². The summed E-state index contributed by atoms with van der Waals surface area (Å²) in [6, 6.07) is 19.2. The molecule has 1 aliphatic heterocycles. The number of nitrogens with one attached hydrogen (secondary N) is 1. The van der Waals surface area contributed by atoms with Crippen LogP contribution in [-0.4, -0.2) is 25.0 Å². The Balaban J connectivity index is 1.53. The molecule has 1 aliphatic rings. The van der Waals surface area contributed by atoms with Crippen molar-refractivity contribution in [1.29, 1.82) is 0 Å². The number of ether oxygens (including phenoxy) is 1. The number of hydrogen-bond donors (Lipinski definition) is 1. The van der Waals surface area contributed by atoms with Gasteiger partial charge in [0, 0.05) is 5.69 Å². The second-order valence-electron chi connectivity index (χ2n) is 6.57. The first kappa shape index (κ1) is 17.9. The molecule has 0 bridgehead atoms. The highest BCUT2D eigenvalue weighted by Gasteiger charge is 2.51. The Morgan fingerprint density at radius 1 is 1.07 bits per heavy atom. The van der Waals surface area contributed by atoms with Crippen LogP contribution in [0.15, 0.2) is 77.4 Å². The zero-order chi connectivity index (χ0) is 19.5. The summed E-state index contributed by atoms with van der Waals surface area (Å²) in [6.45, 7) is 0. The third kappa shape index (κ3) is 3.36. The molecular weight excluding hydrogens is 356 g/mol. The van der Waals surface area contributed by atoms with E-state index in [0.29, 0.717) is 11.5 Å². The van der Waals surface area contributed by atoms with Gasteiger partial charge in [0.2, 0.25) is 5.91 Å². The third-order valence-electron chi connectivity index (χ3n) is 4.81. The van der Waals surface area contributed by atoms with Crippen molar-refractivity contribution in [3.63, 3.8) is 0 Å². The maximum atomic E-state index is 12.8. The summed E-state index contributed by atoms with van der Waals surface area (Å²) in [4.78, 5) is 27.0. The van der Waals surface area contributed by atoms with Crippen LogP contribution in [0.2, 0.25) is 0 Å². The van der Waals surface area contributed by atoms with E-state index in [1.165, 1.54) is 0 Å². The van der Waals surface area contributed by atoms with Gasteiger partial charge >= 0.3 is 0 Å². The summed E-state index contributed by atoms with van der Waals surface area (Å²) in [5, 5.41) is 2.86. The Kier molecular flexibility index (Phi) is 4.85. The van der Waals surface area contributed by atoms with Crippen LogP contribution < -0.4 is 15.0 Å². The quantitative estimate of drug-likeness (QED) is 0.671. The van der Waals surface area contributed by atoms with Crippen molar-refractivity contribution < 1.29 is 18.7 Å².